The van der Waals surface area contributed by atoms with Crippen molar-refractivity contribution in [2.24, 2.45) is 0 Å². The number of carbonyl (C=O) groups is 1. The van der Waals surface area contributed by atoms with Crippen LogP contribution in [0, 0.1) is 5.82 Å². The van der Waals surface area contributed by atoms with E-state index < -0.39 is 0 Å². The summed E-state index contributed by atoms with van der Waals surface area (Å²) in [7, 11) is 0. The Bertz CT molecular complexity index is 1020. The van der Waals surface area contributed by atoms with Crippen LogP contribution in [0.5, 0.6) is 0 Å². The number of aromatic nitrogens is 3. The van der Waals surface area contributed by atoms with Gasteiger partial charge in [0.25, 0.3) is 0 Å². The van der Waals surface area contributed by atoms with Crippen LogP contribution in [0.3, 0.4) is 0 Å². The Morgan fingerprint density at radius 2 is 1.90 bits per heavy atom. The van der Waals surface area contributed by atoms with Gasteiger partial charge < -0.3 is 4.90 Å². The molecule has 0 N–H and O–H groups in total. The predicted molar refractivity (Wildman–Crippen MR) is 115 cm³/mol. The highest BCUT2D eigenvalue weighted by Gasteiger charge is 2.22. The van der Waals surface area contributed by atoms with Gasteiger partial charge in [-0.1, -0.05) is 47.6 Å². The smallest absolute Gasteiger partial charge is 0.233 e. The molecule has 1 amide bonds. The first-order valence-corrected chi connectivity index (χ1v) is 11.0. The summed E-state index contributed by atoms with van der Waals surface area (Å²) >= 11 is 7.42. The van der Waals surface area contributed by atoms with Gasteiger partial charge in [-0.2, -0.15) is 0 Å². The van der Waals surface area contributed by atoms with Crippen molar-refractivity contribution in [3.8, 4) is 5.69 Å². The number of halogens is 2. The molecule has 0 spiro atoms. The van der Waals surface area contributed by atoms with E-state index in [2.05, 4.69) is 15.1 Å². The van der Waals surface area contributed by atoms with Gasteiger partial charge in [0, 0.05) is 43.3 Å². The topological polar surface area (TPSA) is 54.3 Å². The van der Waals surface area contributed by atoms with Crippen molar-refractivity contribution in [3.63, 3.8) is 0 Å². The molecule has 6 nitrogen and oxygen atoms in total. The molecular weight excluding hydrogens is 425 g/mol. The highest BCUT2D eigenvalue weighted by Crippen LogP contribution is 2.22. The number of hydrogen-bond donors (Lipinski definition) is 0. The Labute approximate surface area is 183 Å². The van der Waals surface area contributed by atoms with Crippen molar-refractivity contribution in [3.05, 3.63) is 71.3 Å². The number of nitrogens with zero attached hydrogens (tertiary/aromatic N) is 5. The summed E-state index contributed by atoms with van der Waals surface area (Å²) in [6, 6.07) is 14.2. The Morgan fingerprint density at radius 3 is 2.67 bits per heavy atom. The minimum absolute atomic E-state index is 0.0613. The van der Waals surface area contributed by atoms with Crippen LogP contribution in [0.4, 0.5) is 4.39 Å². The molecule has 0 aliphatic carbocycles. The maximum absolute atomic E-state index is 13.8. The second-order valence-electron chi connectivity index (χ2n) is 7.00. The lowest BCUT2D eigenvalue weighted by molar-refractivity contribution is -0.130. The number of rotatable bonds is 6. The van der Waals surface area contributed by atoms with E-state index in [9.17, 15) is 9.18 Å². The molecule has 0 unspecified atom stereocenters. The summed E-state index contributed by atoms with van der Waals surface area (Å²) in [5.41, 5.74) is 1.54. The van der Waals surface area contributed by atoms with Crippen LogP contribution < -0.4 is 0 Å². The molecule has 0 bridgehead atoms. The Kier molecular flexibility index (Phi) is 6.66. The van der Waals surface area contributed by atoms with E-state index in [4.69, 9.17) is 11.6 Å². The van der Waals surface area contributed by atoms with Gasteiger partial charge in [0.05, 0.1) is 11.4 Å². The van der Waals surface area contributed by atoms with E-state index in [1.165, 1.54) is 17.8 Å². The number of thioether (sulfide) groups is 1. The fourth-order valence-electron chi connectivity index (χ4n) is 3.37. The van der Waals surface area contributed by atoms with Crippen molar-refractivity contribution in [2.75, 3.05) is 31.9 Å². The van der Waals surface area contributed by atoms with Gasteiger partial charge >= 0.3 is 0 Å². The third-order valence-electron chi connectivity index (χ3n) is 5.00. The van der Waals surface area contributed by atoms with Gasteiger partial charge in [-0.15, -0.1) is 10.2 Å². The Hall–Kier alpha value is -2.42. The quantitative estimate of drug-likeness (QED) is 0.543. The molecule has 1 aliphatic rings. The molecule has 0 atom stereocenters. The first-order chi connectivity index (χ1) is 14.6. The summed E-state index contributed by atoms with van der Waals surface area (Å²) in [6.45, 7) is 3.28. The zero-order valence-corrected chi connectivity index (χ0v) is 17.8. The largest absolute Gasteiger partial charge is 0.339 e. The van der Waals surface area contributed by atoms with Crippen molar-refractivity contribution in [1.29, 1.82) is 0 Å². The molecule has 30 heavy (non-hydrogen) atoms. The molecule has 156 valence electrons. The summed E-state index contributed by atoms with van der Waals surface area (Å²) in [5.74, 6) is 0.162. The van der Waals surface area contributed by atoms with E-state index in [1.54, 1.807) is 24.5 Å². The molecule has 1 saturated heterocycles. The maximum Gasteiger partial charge on any atom is 0.233 e. The molecule has 1 fully saturated rings. The van der Waals surface area contributed by atoms with Gasteiger partial charge in [0.15, 0.2) is 5.16 Å². The van der Waals surface area contributed by atoms with Crippen LogP contribution in [0.15, 0.2) is 60.0 Å². The molecule has 0 saturated carbocycles. The molecular formula is C21H21ClFN5OS. The predicted octanol–water partition coefficient (Wildman–Crippen LogP) is 3.50. The Balaban J connectivity index is 1.29. The summed E-state index contributed by atoms with van der Waals surface area (Å²) in [4.78, 5) is 16.7. The highest BCUT2D eigenvalue weighted by atomic mass is 35.5. The van der Waals surface area contributed by atoms with Crippen LogP contribution in [0.2, 0.25) is 5.02 Å². The van der Waals surface area contributed by atoms with E-state index in [-0.39, 0.29) is 17.5 Å². The van der Waals surface area contributed by atoms with Gasteiger partial charge in [-0.25, -0.2) is 4.39 Å². The van der Waals surface area contributed by atoms with Crippen LogP contribution in [-0.4, -0.2) is 62.4 Å². The summed E-state index contributed by atoms with van der Waals surface area (Å²) < 4.78 is 15.7. The third kappa shape index (κ3) is 5.00. The van der Waals surface area contributed by atoms with Crippen LogP contribution in [-0.2, 0) is 11.3 Å². The minimum atomic E-state index is -0.184. The van der Waals surface area contributed by atoms with Crippen molar-refractivity contribution < 1.29 is 9.18 Å². The fraction of sp³-hybridized carbons (Fsp3) is 0.286. The summed E-state index contributed by atoms with van der Waals surface area (Å²) in [5, 5.41) is 9.36. The maximum atomic E-state index is 13.8. The molecule has 4 rings (SSSR count). The third-order valence-corrected chi connectivity index (χ3v) is 6.17. The first-order valence-electron chi connectivity index (χ1n) is 9.62. The average Bonchev–Trinajstić information content (AvgIpc) is 3.23. The Morgan fingerprint density at radius 1 is 1.10 bits per heavy atom. The van der Waals surface area contributed by atoms with Gasteiger partial charge in [-0.05, 0) is 24.3 Å². The van der Waals surface area contributed by atoms with Crippen LogP contribution in [0.25, 0.3) is 5.69 Å². The highest BCUT2D eigenvalue weighted by molar-refractivity contribution is 7.99. The number of carbonyl (C=O) groups excluding carboxylic acids is 1. The lowest BCUT2D eigenvalue weighted by atomic mass is 10.2. The SMILES string of the molecule is O=C(CSc1nncn1-c1cccc(Cl)c1)N1CCN(Cc2ccccc2F)CC1. The van der Waals surface area contributed by atoms with Crippen LogP contribution >= 0.6 is 23.4 Å². The molecule has 0 radical (unpaired) electrons. The molecule has 1 aromatic heterocycles. The standard InChI is InChI=1S/C21H21ClFN5OS/c22-17-5-3-6-18(12-17)28-15-24-25-21(28)30-14-20(29)27-10-8-26(9-11-27)13-16-4-1-2-7-19(16)23/h1-7,12,15H,8-11,13-14H2. The molecule has 3 aromatic rings. The lowest BCUT2D eigenvalue weighted by Crippen LogP contribution is -2.48. The second kappa shape index (κ2) is 9.59. The fourth-order valence-corrected chi connectivity index (χ4v) is 4.38. The van der Waals surface area contributed by atoms with Crippen molar-refractivity contribution in [1.82, 2.24) is 24.6 Å². The second-order valence-corrected chi connectivity index (χ2v) is 8.38. The summed E-state index contributed by atoms with van der Waals surface area (Å²) in [6.07, 6.45) is 1.61. The number of amides is 1. The van der Waals surface area contributed by atoms with E-state index >= 15 is 0 Å². The monoisotopic (exact) mass is 445 g/mol. The zero-order valence-electron chi connectivity index (χ0n) is 16.2. The van der Waals surface area contributed by atoms with E-state index in [0.29, 0.717) is 35.4 Å². The molecule has 2 heterocycles. The van der Waals surface area contributed by atoms with Crippen LogP contribution in [0.1, 0.15) is 5.56 Å². The first kappa shape index (κ1) is 20.8. The van der Waals surface area contributed by atoms with Crippen molar-refractivity contribution >= 4 is 29.3 Å². The molecule has 1 aliphatic heterocycles. The van der Waals surface area contributed by atoms with E-state index in [0.717, 1.165) is 18.8 Å². The number of benzene rings is 2. The normalized spacial score (nSPS) is 14.8. The van der Waals surface area contributed by atoms with E-state index in [1.807, 2.05) is 33.7 Å². The minimum Gasteiger partial charge on any atom is -0.339 e. The average molecular weight is 446 g/mol. The zero-order chi connectivity index (χ0) is 20.9. The molecule has 9 heteroatoms. The molecule has 2 aromatic carbocycles. The van der Waals surface area contributed by atoms with Gasteiger partial charge in [0.2, 0.25) is 5.91 Å². The number of hydrogen-bond acceptors (Lipinski definition) is 5. The number of piperazine rings is 1. The lowest BCUT2D eigenvalue weighted by Gasteiger charge is -2.34. The van der Waals surface area contributed by atoms with Gasteiger partial charge in [-0.3, -0.25) is 14.3 Å². The van der Waals surface area contributed by atoms with Gasteiger partial charge in [0.1, 0.15) is 12.1 Å². The van der Waals surface area contributed by atoms with Crippen molar-refractivity contribution in [2.45, 2.75) is 11.7 Å².